The molecule has 0 N–H and O–H groups in total. The van der Waals surface area contributed by atoms with Crippen LogP contribution in [0.25, 0.3) is 0 Å². The lowest BCUT2D eigenvalue weighted by molar-refractivity contribution is 0.302. The van der Waals surface area contributed by atoms with Crippen molar-refractivity contribution in [1.29, 1.82) is 0 Å². The van der Waals surface area contributed by atoms with Crippen molar-refractivity contribution < 1.29 is 12.6 Å². The van der Waals surface area contributed by atoms with E-state index in [4.69, 9.17) is 4.18 Å². The molecule has 32 heavy (non-hydrogen) atoms. The van der Waals surface area contributed by atoms with Crippen molar-refractivity contribution in [2.75, 3.05) is 0 Å². The average molecular weight is 473 g/mol. The Kier molecular flexibility index (Phi) is 7.27. The first-order valence-electron chi connectivity index (χ1n) is 10.2. The molecule has 0 aliphatic carbocycles. The lowest BCUT2D eigenvalue weighted by Crippen LogP contribution is -2.25. The highest BCUT2D eigenvalue weighted by atomic mass is 32.2. The summed E-state index contributed by atoms with van der Waals surface area (Å²) in [6.45, 7) is 8.02. The minimum Gasteiger partial charge on any atom is -0.267 e. The van der Waals surface area contributed by atoms with Crippen molar-refractivity contribution >= 4 is 21.9 Å². The van der Waals surface area contributed by atoms with Gasteiger partial charge in [-0.3, -0.25) is 8.98 Å². The maximum Gasteiger partial charge on any atom is 0.297 e. The smallest absolute Gasteiger partial charge is 0.267 e. The predicted octanol–water partition coefficient (Wildman–Crippen LogP) is 4.58. The molecule has 1 aromatic heterocycles. The van der Waals surface area contributed by atoms with Gasteiger partial charge in [-0.2, -0.15) is 13.5 Å². The second-order valence-electron chi connectivity index (χ2n) is 8.68. The molecule has 1 heterocycles. The summed E-state index contributed by atoms with van der Waals surface area (Å²) < 4.78 is 31.5. The van der Waals surface area contributed by atoms with E-state index in [1.807, 2.05) is 6.92 Å². The van der Waals surface area contributed by atoms with Gasteiger partial charge in [0, 0.05) is 17.7 Å². The van der Waals surface area contributed by atoms with E-state index < -0.39 is 10.1 Å². The van der Waals surface area contributed by atoms with Gasteiger partial charge in [0.2, 0.25) is 0 Å². The Morgan fingerprint density at radius 1 is 1.03 bits per heavy atom. The monoisotopic (exact) mass is 472 g/mol. The maximum atomic E-state index is 12.7. The third kappa shape index (κ3) is 5.88. The zero-order valence-corrected chi connectivity index (χ0v) is 20.6. The number of aromatic nitrogens is 2. The Balaban J connectivity index is 1.78. The van der Waals surface area contributed by atoms with E-state index in [0.717, 1.165) is 11.1 Å². The van der Waals surface area contributed by atoms with E-state index in [1.54, 1.807) is 18.3 Å². The standard InChI is InChI=1S/C24H28N2O4S2/c1-17-6-12-20(13-7-17)32(28,29)30-15-21-22(14-25-26(5)23(21)27)31-16-18-8-10-19(11-9-18)24(2,3)4/h6-14H,15-16H2,1-5H3. The molecule has 2 aromatic carbocycles. The molecular formula is C24H28N2O4S2. The Morgan fingerprint density at radius 3 is 2.25 bits per heavy atom. The number of nitrogens with zero attached hydrogens (tertiary/aromatic N) is 2. The van der Waals surface area contributed by atoms with Gasteiger partial charge in [-0.05, 0) is 35.6 Å². The average Bonchev–Trinajstić information content (AvgIpc) is 2.74. The summed E-state index contributed by atoms with van der Waals surface area (Å²) in [5, 5.41) is 4.09. The van der Waals surface area contributed by atoms with Crippen LogP contribution in [0.5, 0.6) is 0 Å². The van der Waals surface area contributed by atoms with Crippen molar-refractivity contribution in [2.45, 2.75) is 55.3 Å². The number of hydrogen-bond donors (Lipinski definition) is 0. The van der Waals surface area contributed by atoms with E-state index in [1.165, 1.54) is 41.2 Å². The van der Waals surface area contributed by atoms with Gasteiger partial charge in [-0.25, -0.2) is 4.68 Å². The van der Waals surface area contributed by atoms with Crippen LogP contribution in [0.4, 0.5) is 0 Å². The number of aryl methyl sites for hydroxylation is 2. The van der Waals surface area contributed by atoms with Crippen LogP contribution in [-0.2, 0) is 39.1 Å². The fourth-order valence-electron chi connectivity index (χ4n) is 3.00. The van der Waals surface area contributed by atoms with Crippen LogP contribution in [0.3, 0.4) is 0 Å². The van der Waals surface area contributed by atoms with Crippen LogP contribution in [-0.4, -0.2) is 18.2 Å². The second kappa shape index (κ2) is 9.60. The fourth-order valence-corrected chi connectivity index (χ4v) is 4.83. The summed E-state index contributed by atoms with van der Waals surface area (Å²) in [6, 6.07) is 14.7. The molecule has 0 unspecified atom stereocenters. The summed E-state index contributed by atoms with van der Waals surface area (Å²) in [6.07, 6.45) is 1.58. The van der Waals surface area contributed by atoms with Crippen LogP contribution in [0.2, 0.25) is 0 Å². The molecular weight excluding hydrogens is 444 g/mol. The molecule has 6 nitrogen and oxygen atoms in total. The number of thioether (sulfide) groups is 1. The molecule has 0 bridgehead atoms. The Bertz CT molecular complexity index is 1240. The lowest BCUT2D eigenvalue weighted by atomic mass is 9.87. The number of hydrogen-bond acceptors (Lipinski definition) is 6. The van der Waals surface area contributed by atoms with E-state index >= 15 is 0 Å². The van der Waals surface area contributed by atoms with Crippen LogP contribution in [0.1, 0.15) is 43.0 Å². The molecule has 0 saturated heterocycles. The third-order valence-corrected chi connectivity index (χ3v) is 7.50. The van der Waals surface area contributed by atoms with Crippen molar-refractivity contribution in [3.05, 3.63) is 87.3 Å². The largest absolute Gasteiger partial charge is 0.297 e. The van der Waals surface area contributed by atoms with Crippen molar-refractivity contribution in [3.8, 4) is 0 Å². The highest BCUT2D eigenvalue weighted by molar-refractivity contribution is 7.98. The quantitative estimate of drug-likeness (QED) is 0.370. The minimum absolute atomic E-state index is 0.0575. The van der Waals surface area contributed by atoms with E-state index in [9.17, 15) is 13.2 Å². The summed E-state index contributed by atoms with van der Waals surface area (Å²) in [7, 11) is -2.46. The normalized spacial score (nSPS) is 12.2. The Morgan fingerprint density at radius 2 is 1.66 bits per heavy atom. The summed E-state index contributed by atoms with van der Waals surface area (Å²) in [5.74, 6) is 0.622. The van der Waals surface area contributed by atoms with Gasteiger partial charge < -0.3 is 0 Å². The topological polar surface area (TPSA) is 78.3 Å². The summed E-state index contributed by atoms with van der Waals surface area (Å²) in [4.78, 5) is 13.3. The molecule has 8 heteroatoms. The van der Waals surface area contributed by atoms with E-state index in [-0.39, 0.29) is 28.0 Å². The van der Waals surface area contributed by atoms with Crippen molar-refractivity contribution in [3.63, 3.8) is 0 Å². The van der Waals surface area contributed by atoms with Crippen molar-refractivity contribution in [2.24, 2.45) is 7.05 Å². The molecule has 0 aliphatic rings. The SMILES string of the molecule is Cc1ccc(S(=O)(=O)OCc2c(SCc3ccc(C(C)(C)C)cc3)cnn(C)c2=O)cc1. The number of rotatable bonds is 7. The van der Waals surface area contributed by atoms with E-state index in [0.29, 0.717) is 10.6 Å². The molecule has 0 amide bonds. The van der Waals surface area contributed by atoms with Gasteiger partial charge in [0.1, 0.15) is 0 Å². The van der Waals surface area contributed by atoms with Gasteiger partial charge in [0.05, 0.1) is 23.3 Å². The number of benzene rings is 2. The Labute approximate surface area is 193 Å². The first kappa shape index (κ1) is 24.2. The predicted molar refractivity (Wildman–Crippen MR) is 127 cm³/mol. The zero-order valence-electron chi connectivity index (χ0n) is 19.0. The maximum absolute atomic E-state index is 12.7. The molecule has 3 aromatic rings. The van der Waals surface area contributed by atoms with Gasteiger partial charge in [0.25, 0.3) is 15.7 Å². The second-order valence-corrected chi connectivity index (χ2v) is 11.3. The molecule has 0 radical (unpaired) electrons. The molecule has 0 aliphatic heterocycles. The van der Waals surface area contributed by atoms with Gasteiger partial charge in [0.15, 0.2) is 0 Å². The van der Waals surface area contributed by atoms with Crippen LogP contribution >= 0.6 is 11.8 Å². The molecule has 3 rings (SSSR count). The molecule has 0 atom stereocenters. The van der Waals surface area contributed by atoms with Crippen molar-refractivity contribution in [1.82, 2.24) is 9.78 Å². The highest BCUT2D eigenvalue weighted by Gasteiger charge is 2.19. The zero-order chi connectivity index (χ0) is 23.5. The third-order valence-electron chi connectivity index (χ3n) is 5.08. The highest BCUT2D eigenvalue weighted by Crippen LogP contribution is 2.27. The molecule has 0 saturated carbocycles. The molecule has 0 spiro atoms. The van der Waals surface area contributed by atoms with Crippen LogP contribution in [0.15, 0.2) is 69.3 Å². The van der Waals surface area contributed by atoms with Gasteiger partial charge in [-0.15, -0.1) is 11.8 Å². The summed E-state index contributed by atoms with van der Waals surface area (Å²) in [5.41, 5.74) is 3.27. The molecule has 170 valence electrons. The minimum atomic E-state index is -3.99. The van der Waals surface area contributed by atoms with Crippen LogP contribution in [0, 0.1) is 6.92 Å². The fraction of sp³-hybridized carbons (Fsp3) is 0.333. The van der Waals surface area contributed by atoms with Gasteiger partial charge in [-0.1, -0.05) is 62.7 Å². The first-order valence-corrected chi connectivity index (χ1v) is 12.6. The van der Waals surface area contributed by atoms with E-state index in [2.05, 4.69) is 50.1 Å². The summed E-state index contributed by atoms with van der Waals surface area (Å²) >= 11 is 1.43. The molecule has 0 fully saturated rings. The van der Waals surface area contributed by atoms with Crippen LogP contribution < -0.4 is 5.56 Å². The Hall–Kier alpha value is -2.42. The lowest BCUT2D eigenvalue weighted by Gasteiger charge is -2.19. The first-order chi connectivity index (χ1) is 15.0. The van der Waals surface area contributed by atoms with Gasteiger partial charge >= 0.3 is 0 Å².